The van der Waals surface area contributed by atoms with Crippen molar-refractivity contribution in [2.45, 2.75) is 6.92 Å². The normalized spacial score (nSPS) is 10.9. The molecule has 102 valence electrons. The molecule has 3 rings (SSSR count). The molecular weight excluding hydrogens is 362 g/mol. The van der Waals surface area contributed by atoms with E-state index in [1.54, 1.807) is 12.3 Å². The van der Waals surface area contributed by atoms with Crippen LogP contribution in [0.5, 0.6) is 0 Å². The van der Waals surface area contributed by atoms with Crippen molar-refractivity contribution in [1.82, 2.24) is 13.7 Å². The summed E-state index contributed by atoms with van der Waals surface area (Å²) in [6, 6.07) is 3.62. The lowest BCUT2D eigenvalue weighted by Crippen LogP contribution is -2.00. The number of benzene rings is 1. The average Bonchev–Trinajstić information content (AvgIpc) is 2.90. The van der Waals surface area contributed by atoms with Crippen LogP contribution in [0, 0.1) is 6.92 Å². The number of nitrogens with one attached hydrogen (secondary N) is 1. The lowest BCUT2D eigenvalue weighted by molar-refractivity contribution is 1.26. The number of rotatable bonds is 2. The highest BCUT2D eigenvalue weighted by Gasteiger charge is 2.13. The molecule has 20 heavy (non-hydrogen) atoms. The molecule has 0 saturated carbocycles. The van der Waals surface area contributed by atoms with Gasteiger partial charge in [0.1, 0.15) is 16.9 Å². The number of anilines is 3. The van der Waals surface area contributed by atoms with Crippen LogP contribution in [-0.2, 0) is 0 Å². The van der Waals surface area contributed by atoms with Crippen molar-refractivity contribution in [1.29, 1.82) is 0 Å². The molecule has 0 aliphatic heterocycles. The molecular formula is C12H9BrClN5S. The third kappa shape index (κ3) is 2.21. The maximum atomic E-state index is 6.24. The van der Waals surface area contributed by atoms with Crippen molar-refractivity contribution in [2.24, 2.45) is 0 Å². The summed E-state index contributed by atoms with van der Waals surface area (Å²) in [5.74, 6) is 0.638. The predicted molar refractivity (Wildman–Crippen MR) is 86.8 cm³/mol. The van der Waals surface area contributed by atoms with E-state index in [0.717, 1.165) is 32.8 Å². The van der Waals surface area contributed by atoms with Crippen molar-refractivity contribution in [3.8, 4) is 0 Å². The van der Waals surface area contributed by atoms with Crippen LogP contribution in [0.15, 0.2) is 22.8 Å². The maximum absolute atomic E-state index is 6.24. The van der Waals surface area contributed by atoms with Crippen LogP contribution in [0.4, 0.5) is 17.2 Å². The maximum Gasteiger partial charge on any atom is 0.145 e. The van der Waals surface area contributed by atoms with Gasteiger partial charge in [-0.15, -0.1) is 0 Å². The molecule has 0 spiro atoms. The Hall–Kier alpha value is -1.44. The molecule has 2 heterocycles. The minimum atomic E-state index is 0.563. The van der Waals surface area contributed by atoms with E-state index in [2.05, 4.69) is 35.0 Å². The fourth-order valence-electron chi connectivity index (χ4n) is 1.74. The minimum Gasteiger partial charge on any atom is -0.397 e. The van der Waals surface area contributed by atoms with E-state index >= 15 is 0 Å². The molecule has 3 N–H and O–H groups in total. The Morgan fingerprint density at radius 3 is 2.95 bits per heavy atom. The Bertz CT molecular complexity index is 804. The van der Waals surface area contributed by atoms with E-state index in [-0.39, 0.29) is 0 Å². The largest absolute Gasteiger partial charge is 0.397 e. The second kappa shape index (κ2) is 5.16. The molecule has 0 bridgehead atoms. The third-order valence-electron chi connectivity index (χ3n) is 2.92. The summed E-state index contributed by atoms with van der Waals surface area (Å²) in [5.41, 5.74) is 9.58. The number of pyridine rings is 1. The van der Waals surface area contributed by atoms with Gasteiger partial charge in [0.15, 0.2) is 0 Å². The fourth-order valence-corrected chi connectivity index (χ4v) is 2.92. The molecule has 0 aliphatic carbocycles. The molecule has 2 aromatic heterocycles. The highest BCUT2D eigenvalue weighted by Crippen LogP contribution is 2.35. The summed E-state index contributed by atoms with van der Waals surface area (Å²) < 4.78 is 9.26. The van der Waals surface area contributed by atoms with E-state index in [0.29, 0.717) is 22.2 Å². The van der Waals surface area contributed by atoms with Gasteiger partial charge in [-0.3, -0.25) is 0 Å². The molecule has 0 radical (unpaired) electrons. The van der Waals surface area contributed by atoms with E-state index in [4.69, 9.17) is 17.3 Å². The van der Waals surface area contributed by atoms with Crippen LogP contribution in [0.1, 0.15) is 5.56 Å². The number of nitrogen functional groups attached to an aromatic ring is 1. The third-order valence-corrected chi connectivity index (χ3v) is 4.75. The molecule has 0 fully saturated rings. The van der Waals surface area contributed by atoms with Gasteiger partial charge in [0.25, 0.3) is 0 Å². The number of aromatic nitrogens is 3. The van der Waals surface area contributed by atoms with Gasteiger partial charge in [-0.05, 0) is 40.5 Å². The topological polar surface area (TPSA) is 76.7 Å². The predicted octanol–water partition coefficient (Wildman–Crippen LogP) is 4.14. The summed E-state index contributed by atoms with van der Waals surface area (Å²) in [6.45, 7) is 1.92. The van der Waals surface area contributed by atoms with Crippen molar-refractivity contribution in [3.63, 3.8) is 0 Å². The molecule has 0 unspecified atom stereocenters. The van der Waals surface area contributed by atoms with Gasteiger partial charge in [-0.2, -0.15) is 8.75 Å². The van der Waals surface area contributed by atoms with Gasteiger partial charge in [0, 0.05) is 0 Å². The Morgan fingerprint density at radius 1 is 1.35 bits per heavy atom. The second-order valence-corrected chi connectivity index (χ2v) is 5.91. The van der Waals surface area contributed by atoms with Crippen LogP contribution in [-0.4, -0.2) is 13.7 Å². The first-order valence-electron chi connectivity index (χ1n) is 5.66. The number of nitrogens with two attached hydrogens (primary N) is 1. The first-order valence-corrected chi connectivity index (χ1v) is 7.56. The quantitative estimate of drug-likeness (QED) is 0.709. The van der Waals surface area contributed by atoms with Gasteiger partial charge < -0.3 is 11.1 Å². The van der Waals surface area contributed by atoms with E-state index in [9.17, 15) is 0 Å². The van der Waals surface area contributed by atoms with E-state index < -0.39 is 0 Å². The van der Waals surface area contributed by atoms with E-state index in [1.165, 1.54) is 0 Å². The Kier molecular flexibility index (Phi) is 3.49. The first-order chi connectivity index (χ1) is 9.58. The summed E-state index contributed by atoms with van der Waals surface area (Å²) in [7, 11) is 0. The van der Waals surface area contributed by atoms with Crippen LogP contribution >= 0.6 is 39.3 Å². The van der Waals surface area contributed by atoms with Crippen molar-refractivity contribution >= 4 is 67.5 Å². The SMILES string of the molecule is Cc1c(N)cnc(Nc2c(Cl)ccc3nsnc23)c1Br. The highest BCUT2D eigenvalue weighted by atomic mass is 79.9. The number of fused-ring (bicyclic) bond motifs is 1. The van der Waals surface area contributed by atoms with Crippen LogP contribution in [0.25, 0.3) is 11.0 Å². The summed E-state index contributed by atoms with van der Waals surface area (Å²) in [6.07, 6.45) is 1.61. The van der Waals surface area contributed by atoms with Gasteiger partial charge in [0.05, 0.1) is 38.8 Å². The molecule has 3 aromatic rings. The van der Waals surface area contributed by atoms with E-state index in [1.807, 2.05) is 13.0 Å². The summed E-state index contributed by atoms with van der Waals surface area (Å²) in [4.78, 5) is 4.28. The Morgan fingerprint density at radius 2 is 2.15 bits per heavy atom. The molecule has 8 heteroatoms. The fraction of sp³-hybridized carbons (Fsp3) is 0.0833. The van der Waals surface area contributed by atoms with Gasteiger partial charge in [0.2, 0.25) is 0 Å². The first kappa shape index (κ1) is 13.5. The molecule has 1 aromatic carbocycles. The molecule has 0 amide bonds. The number of hydrogen-bond acceptors (Lipinski definition) is 6. The van der Waals surface area contributed by atoms with Crippen molar-refractivity contribution < 1.29 is 0 Å². The number of hydrogen-bond donors (Lipinski definition) is 2. The smallest absolute Gasteiger partial charge is 0.145 e. The summed E-state index contributed by atoms with van der Waals surface area (Å²) in [5, 5.41) is 3.76. The van der Waals surface area contributed by atoms with Gasteiger partial charge >= 0.3 is 0 Å². The lowest BCUT2D eigenvalue weighted by atomic mass is 10.2. The minimum absolute atomic E-state index is 0.563. The zero-order chi connectivity index (χ0) is 14.3. The van der Waals surface area contributed by atoms with Gasteiger partial charge in [-0.25, -0.2) is 4.98 Å². The number of halogens is 2. The van der Waals surface area contributed by atoms with Crippen LogP contribution < -0.4 is 11.1 Å². The number of nitrogens with zero attached hydrogens (tertiary/aromatic N) is 3. The molecule has 0 atom stereocenters. The monoisotopic (exact) mass is 369 g/mol. The van der Waals surface area contributed by atoms with Crippen molar-refractivity contribution in [2.75, 3.05) is 11.1 Å². The standard InChI is InChI=1S/C12H9BrClN5S/c1-5-7(15)4-16-12(9(5)13)17-10-6(14)2-3-8-11(10)19-20-18-8/h2-4H,15H2,1H3,(H,16,17). The lowest BCUT2D eigenvalue weighted by Gasteiger charge is -2.12. The molecule has 5 nitrogen and oxygen atoms in total. The Balaban J connectivity index is 2.12. The molecule has 0 saturated heterocycles. The second-order valence-electron chi connectivity index (χ2n) is 4.18. The van der Waals surface area contributed by atoms with Crippen LogP contribution in [0.3, 0.4) is 0 Å². The Labute approximate surface area is 132 Å². The molecule has 0 aliphatic rings. The highest BCUT2D eigenvalue weighted by molar-refractivity contribution is 9.10. The summed E-state index contributed by atoms with van der Waals surface area (Å²) >= 11 is 10.9. The van der Waals surface area contributed by atoms with Crippen LogP contribution in [0.2, 0.25) is 5.02 Å². The van der Waals surface area contributed by atoms with Crippen molar-refractivity contribution in [3.05, 3.63) is 33.4 Å². The van der Waals surface area contributed by atoms with Gasteiger partial charge in [-0.1, -0.05) is 11.6 Å². The average molecular weight is 371 g/mol. The zero-order valence-corrected chi connectivity index (χ0v) is 13.5. The zero-order valence-electron chi connectivity index (χ0n) is 10.3.